The number of hydrogen-bond donors (Lipinski definition) is 1. The lowest BCUT2D eigenvalue weighted by Gasteiger charge is -2.34. The SMILES string of the molecule is Cc1cc2c(o1)CC(C)(C)CC2NCc1nc2ccccc2n1C. The van der Waals surface area contributed by atoms with Crippen LogP contribution in [0.1, 0.15) is 49.2 Å². The zero-order valence-corrected chi connectivity index (χ0v) is 14.9. The average molecular weight is 323 g/mol. The van der Waals surface area contributed by atoms with Gasteiger partial charge in [-0.15, -0.1) is 0 Å². The highest BCUT2D eigenvalue weighted by molar-refractivity contribution is 5.75. The van der Waals surface area contributed by atoms with Gasteiger partial charge in [0.05, 0.1) is 17.6 Å². The summed E-state index contributed by atoms with van der Waals surface area (Å²) in [6.45, 7) is 7.43. The first-order chi connectivity index (χ1) is 11.4. The van der Waals surface area contributed by atoms with Crippen molar-refractivity contribution in [3.05, 3.63) is 53.2 Å². The Bertz CT molecular complexity index is 888. The van der Waals surface area contributed by atoms with Gasteiger partial charge in [0.25, 0.3) is 0 Å². The number of aromatic nitrogens is 2. The van der Waals surface area contributed by atoms with Crippen molar-refractivity contribution in [2.75, 3.05) is 0 Å². The number of benzene rings is 1. The van der Waals surface area contributed by atoms with Crippen LogP contribution in [0.2, 0.25) is 0 Å². The van der Waals surface area contributed by atoms with E-state index in [1.54, 1.807) is 0 Å². The third kappa shape index (κ3) is 2.65. The molecular formula is C20H25N3O. The quantitative estimate of drug-likeness (QED) is 0.782. The molecule has 126 valence electrons. The highest BCUT2D eigenvalue weighted by atomic mass is 16.3. The van der Waals surface area contributed by atoms with Gasteiger partial charge in [0.2, 0.25) is 0 Å². The number of para-hydroxylation sites is 2. The van der Waals surface area contributed by atoms with Gasteiger partial charge in [-0.3, -0.25) is 0 Å². The van der Waals surface area contributed by atoms with Gasteiger partial charge in [-0.1, -0.05) is 26.0 Å². The first-order valence-corrected chi connectivity index (χ1v) is 8.66. The van der Waals surface area contributed by atoms with Gasteiger partial charge in [0.15, 0.2) is 0 Å². The molecule has 0 saturated carbocycles. The second kappa shape index (κ2) is 5.49. The van der Waals surface area contributed by atoms with Crippen LogP contribution in [0.5, 0.6) is 0 Å². The molecule has 1 aliphatic rings. The molecule has 4 heteroatoms. The number of rotatable bonds is 3. The molecular weight excluding hydrogens is 298 g/mol. The maximum absolute atomic E-state index is 5.93. The first kappa shape index (κ1) is 15.5. The van der Waals surface area contributed by atoms with Crippen LogP contribution in [0, 0.1) is 12.3 Å². The topological polar surface area (TPSA) is 43.0 Å². The van der Waals surface area contributed by atoms with Crippen molar-refractivity contribution >= 4 is 11.0 Å². The third-order valence-corrected chi connectivity index (χ3v) is 5.12. The van der Waals surface area contributed by atoms with Crippen LogP contribution in [0.25, 0.3) is 11.0 Å². The fraction of sp³-hybridized carbons (Fsp3) is 0.450. The van der Waals surface area contributed by atoms with E-state index in [0.717, 1.165) is 42.2 Å². The Kier molecular flexibility index (Phi) is 3.53. The lowest BCUT2D eigenvalue weighted by Crippen LogP contribution is -2.32. The van der Waals surface area contributed by atoms with Crippen LogP contribution >= 0.6 is 0 Å². The molecule has 0 fully saturated rings. The zero-order valence-electron chi connectivity index (χ0n) is 14.9. The number of nitrogens with zero attached hydrogens (tertiary/aromatic N) is 2. The predicted molar refractivity (Wildman–Crippen MR) is 95.8 cm³/mol. The van der Waals surface area contributed by atoms with Crippen LogP contribution < -0.4 is 5.32 Å². The maximum Gasteiger partial charge on any atom is 0.123 e. The monoisotopic (exact) mass is 323 g/mol. The molecule has 1 aliphatic carbocycles. The fourth-order valence-electron chi connectivity index (χ4n) is 3.93. The summed E-state index contributed by atoms with van der Waals surface area (Å²) in [5.74, 6) is 3.22. The molecule has 1 unspecified atom stereocenters. The smallest absolute Gasteiger partial charge is 0.123 e. The van der Waals surface area contributed by atoms with Crippen LogP contribution in [0.15, 0.2) is 34.7 Å². The Morgan fingerprint density at radius 2 is 2.12 bits per heavy atom. The van der Waals surface area contributed by atoms with E-state index in [-0.39, 0.29) is 5.41 Å². The molecule has 4 rings (SSSR count). The lowest BCUT2D eigenvalue weighted by atomic mass is 9.75. The maximum atomic E-state index is 5.93. The number of aryl methyl sites for hydroxylation is 2. The summed E-state index contributed by atoms with van der Waals surface area (Å²) in [4.78, 5) is 4.77. The molecule has 24 heavy (non-hydrogen) atoms. The predicted octanol–water partition coefficient (Wildman–Crippen LogP) is 4.28. The molecule has 0 spiro atoms. The molecule has 2 heterocycles. The number of imidazole rings is 1. The lowest BCUT2D eigenvalue weighted by molar-refractivity contribution is 0.232. The van der Waals surface area contributed by atoms with Crippen LogP contribution in [0.4, 0.5) is 0 Å². The van der Waals surface area contributed by atoms with Gasteiger partial charge in [0.1, 0.15) is 17.3 Å². The van der Waals surface area contributed by atoms with Gasteiger partial charge in [0, 0.05) is 25.1 Å². The third-order valence-electron chi connectivity index (χ3n) is 5.12. The molecule has 4 nitrogen and oxygen atoms in total. The number of hydrogen-bond acceptors (Lipinski definition) is 3. The van der Waals surface area contributed by atoms with Crippen molar-refractivity contribution in [3.63, 3.8) is 0 Å². The molecule has 0 amide bonds. The van der Waals surface area contributed by atoms with E-state index >= 15 is 0 Å². The molecule has 1 aromatic carbocycles. The first-order valence-electron chi connectivity index (χ1n) is 8.66. The second-order valence-electron chi connectivity index (χ2n) is 7.79. The molecule has 3 aromatic rings. The summed E-state index contributed by atoms with van der Waals surface area (Å²) in [6, 6.07) is 10.8. The molecule has 0 bridgehead atoms. The summed E-state index contributed by atoms with van der Waals surface area (Å²) in [5, 5.41) is 3.72. The minimum absolute atomic E-state index is 0.251. The Balaban J connectivity index is 1.59. The van der Waals surface area contributed by atoms with E-state index in [2.05, 4.69) is 55.0 Å². The van der Waals surface area contributed by atoms with E-state index in [0.29, 0.717) is 6.04 Å². The summed E-state index contributed by atoms with van der Waals surface area (Å²) < 4.78 is 8.11. The summed E-state index contributed by atoms with van der Waals surface area (Å²) in [6.07, 6.45) is 2.13. The van der Waals surface area contributed by atoms with E-state index in [1.165, 1.54) is 11.1 Å². The van der Waals surface area contributed by atoms with Gasteiger partial charge in [-0.2, -0.15) is 0 Å². The van der Waals surface area contributed by atoms with Crippen molar-refractivity contribution in [2.45, 2.75) is 46.2 Å². The summed E-state index contributed by atoms with van der Waals surface area (Å²) >= 11 is 0. The molecule has 2 aromatic heterocycles. The van der Waals surface area contributed by atoms with Crippen molar-refractivity contribution in [3.8, 4) is 0 Å². The molecule has 1 N–H and O–H groups in total. The average Bonchev–Trinajstić information content (AvgIpc) is 3.04. The minimum atomic E-state index is 0.251. The molecule has 0 radical (unpaired) electrons. The van der Waals surface area contributed by atoms with Gasteiger partial charge >= 0.3 is 0 Å². The Morgan fingerprint density at radius 1 is 1.33 bits per heavy atom. The highest BCUT2D eigenvalue weighted by Gasteiger charge is 2.34. The molecule has 0 aliphatic heterocycles. The van der Waals surface area contributed by atoms with Crippen molar-refractivity contribution in [1.82, 2.24) is 14.9 Å². The normalized spacial score (nSPS) is 19.6. The van der Waals surface area contributed by atoms with Gasteiger partial charge in [-0.25, -0.2) is 4.98 Å². The number of fused-ring (bicyclic) bond motifs is 2. The Labute approximate surface area is 142 Å². The summed E-state index contributed by atoms with van der Waals surface area (Å²) in [5.41, 5.74) is 3.81. The minimum Gasteiger partial charge on any atom is -0.466 e. The van der Waals surface area contributed by atoms with Crippen molar-refractivity contribution < 1.29 is 4.42 Å². The number of nitrogens with one attached hydrogen (secondary N) is 1. The second-order valence-corrected chi connectivity index (χ2v) is 7.79. The standard InChI is InChI=1S/C20H25N3O/c1-13-9-14-16(10-20(2,3)11-18(14)24-13)21-12-19-22-15-7-5-6-8-17(15)23(19)4/h5-9,16,21H,10-12H2,1-4H3. The number of furan rings is 1. The fourth-order valence-corrected chi connectivity index (χ4v) is 3.93. The highest BCUT2D eigenvalue weighted by Crippen LogP contribution is 2.42. The zero-order chi connectivity index (χ0) is 16.9. The van der Waals surface area contributed by atoms with E-state index in [1.807, 2.05) is 13.0 Å². The Morgan fingerprint density at radius 3 is 2.92 bits per heavy atom. The van der Waals surface area contributed by atoms with E-state index in [9.17, 15) is 0 Å². The van der Waals surface area contributed by atoms with E-state index in [4.69, 9.17) is 9.40 Å². The van der Waals surface area contributed by atoms with Crippen LogP contribution in [-0.2, 0) is 20.0 Å². The molecule has 0 saturated heterocycles. The van der Waals surface area contributed by atoms with Crippen LogP contribution in [-0.4, -0.2) is 9.55 Å². The van der Waals surface area contributed by atoms with Crippen LogP contribution in [0.3, 0.4) is 0 Å². The van der Waals surface area contributed by atoms with Gasteiger partial charge < -0.3 is 14.3 Å². The van der Waals surface area contributed by atoms with Gasteiger partial charge in [-0.05, 0) is 37.0 Å². The summed E-state index contributed by atoms with van der Waals surface area (Å²) in [7, 11) is 2.09. The Hall–Kier alpha value is -2.07. The largest absolute Gasteiger partial charge is 0.466 e. The van der Waals surface area contributed by atoms with E-state index < -0.39 is 0 Å². The molecule has 1 atom stereocenters. The van der Waals surface area contributed by atoms with Crippen molar-refractivity contribution in [2.24, 2.45) is 12.5 Å². The van der Waals surface area contributed by atoms with Crippen molar-refractivity contribution in [1.29, 1.82) is 0 Å².